The van der Waals surface area contributed by atoms with E-state index in [4.69, 9.17) is 10.7 Å². The average molecular weight is 375 g/mol. The lowest BCUT2D eigenvalue weighted by Crippen LogP contribution is -2.46. The van der Waals surface area contributed by atoms with E-state index in [0.29, 0.717) is 12.5 Å². The molecule has 1 aliphatic rings. The summed E-state index contributed by atoms with van der Waals surface area (Å²) in [6, 6.07) is 6.08. The fourth-order valence-corrected chi connectivity index (χ4v) is 4.43. The number of nitrogens with two attached hydrogens (primary N) is 1. The van der Waals surface area contributed by atoms with Gasteiger partial charge < -0.3 is 15.5 Å². The van der Waals surface area contributed by atoms with Crippen LogP contribution in [-0.2, 0) is 16.0 Å². The molecule has 2 atom stereocenters. The van der Waals surface area contributed by atoms with Crippen molar-refractivity contribution in [2.45, 2.75) is 32.2 Å². The highest BCUT2D eigenvalue weighted by molar-refractivity contribution is 7.18. The zero-order chi connectivity index (χ0) is 18.8. The van der Waals surface area contributed by atoms with Crippen molar-refractivity contribution < 1.29 is 9.59 Å². The summed E-state index contributed by atoms with van der Waals surface area (Å²) in [7, 11) is 4.11. The van der Waals surface area contributed by atoms with E-state index in [0.717, 1.165) is 46.6 Å². The molecule has 0 saturated carbocycles. The van der Waals surface area contributed by atoms with Crippen LogP contribution in [0.5, 0.6) is 0 Å². The monoisotopic (exact) mass is 374 g/mol. The van der Waals surface area contributed by atoms with Gasteiger partial charge in [-0.05, 0) is 50.6 Å². The van der Waals surface area contributed by atoms with Crippen LogP contribution in [0.15, 0.2) is 18.2 Å². The maximum Gasteiger partial charge on any atom is 0.312 e. The molecule has 2 heterocycles. The molecule has 1 saturated heterocycles. The number of hydrogen-bond acceptors (Lipinski definition) is 5. The molecule has 2 aromatic rings. The molecule has 6 nitrogen and oxygen atoms in total. The number of amides is 2. The van der Waals surface area contributed by atoms with E-state index in [1.807, 2.05) is 0 Å². The summed E-state index contributed by atoms with van der Waals surface area (Å²) in [5.41, 5.74) is 7.25. The number of hydrogen-bond donors (Lipinski definition) is 1. The third-order valence-corrected chi connectivity index (χ3v) is 6.00. The van der Waals surface area contributed by atoms with Gasteiger partial charge in [0.2, 0.25) is 0 Å². The molecular weight excluding hydrogens is 348 g/mol. The van der Waals surface area contributed by atoms with Gasteiger partial charge in [0.05, 0.1) is 21.3 Å². The van der Waals surface area contributed by atoms with E-state index in [-0.39, 0.29) is 6.04 Å². The summed E-state index contributed by atoms with van der Waals surface area (Å²) in [6.07, 6.45) is 2.79. The predicted molar refractivity (Wildman–Crippen MR) is 104 cm³/mol. The minimum atomic E-state index is -0.884. The van der Waals surface area contributed by atoms with Crippen LogP contribution < -0.4 is 5.73 Å². The Kier molecular flexibility index (Phi) is 5.58. The molecule has 26 heavy (non-hydrogen) atoms. The normalized spacial score (nSPS) is 20.7. The Morgan fingerprint density at radius 1 is 1.35 bits per heavy atom. The third kappa shape index (κ3) is 4.04. The first kappa shape index (κ1) is 18.8. The van der Waals surface area contributed by atoms with Crippen LogP contribution in [0.4, 0.5) is 0 Å². The molecular formula is C19H26N4O2S. The minimum absolute atomic E-state index is 0.109. The molecule has 3 rings (SSSR count). The van der Waals surface area contributed by atoms with Gasteiger partial charge in [-0.1, -0.05) is 13.0 Å². The number of nitrogens with zero attached hydrogens (tertiary/aromatic N) is 3. The number of rotatable bonds is 4. The molecule has 2 N–H and O–H groups in total. The third-order valence-electron chi connectivity index (χ3n) is 4.90. The van der Waals surface area contributed by atoms with Gasteiger partial charge in [-0.3, -0.25) is 9.59 Å². The minimum Gasteiger partial charge on any atom is -0.361 e. The molecule has 1 aromatic heterocycles. The zero-order valence-corrected chi connectivity index (χ0v) is 16.4. The van der Waals surface area contributed by atoms with Crippen molar-refractivity contribution in [2.75, 3.05) is 27.2 Å². The van der Waals surface area contributed by atoms with Crippen LogP contribution in [0.1, 0.15) is 36.4 Å². The number of piperidine rings is 1. The number of fused-ring (bicyclic) bond motifs is 1. The topological polar surface area (TPSA) is 79.5 Å². The van der Waals surface area contributed by atoms with Crippen molar-refractivity contribution in [3.63, 3.8) is 0 Å². The Balaban J connectivity index is 1.87. The second-order valence-electron chi connectivity index (χ2n) is 7.41. The molecule has 1 aromatic carbocycles. The summed E-state index contributed by atoms with van der Waals surface area (Å²) in [5.74, 6) is -1.11. The maximum atomic E-state index is 12.3. The van der Waals surface area contributed by atoms with Crippen molar-refractivity contribution in [2.24, 2.45) is 11.7 Å². The van der Waals surface area contributed by atoms with Gasteiger partial charge in [-0.15, -0.1) is 11.3 Å². The second kappa shape index (κ2) is 7.72. The molecule has 0 bridgehead atoms. The molecule has 0 spiro atoms. The number of carbonyl (C=O) groups excluding carboxylic acids is 2. The van der Waals surface area contributed by atoms with Gasteiger partial charge in [-0.2, -0.15) is 0 Å². The predicted octanol–water partition coefficient (Wildman–Crippen LogP) is 2.19. The Morgan fingerprint density at radius 3 is 2.81 bits per heavy atom. The molecule has 0 aliphatic carbocycles. The Labute approximate surface area is 158 Å². The maximum absolute atomic E-state index is 12.3. The SMILES string of the molecule is C[C@H]1CC[C@H](c2ccc3sc(CCN(C)C)nc3c2)N(C(=O)C(N)=O)C1. The summed E-state index contributed by atoms with van der Waals surface area (Å²) >= 11 is 1.71. The lowest BCUT2D eigenvalue weighted by Gasteiger charge is -2.38. The van der Waals surface area contributed by atoms with Gasteiger partial charge in [0.1, 0.15) is 0 Å². The second-order valence-corrected chi connectivity index (χ2v) is 8.52. The molecule has 0 unspecified atom stereocenters. The quantitative estimate of drug-likeness (QED) is 0.832. The molecule has 7 heteroatoms. The fourth-order valence-electron chi connectivity index (χ4n) is 3.49. The van der Waals surface area contributed by atoms with E-state index in [9.17, 15) is 9.59 Å². The molecule has 0 radical (unpaired) electrons. The number of carbonyl (C=O) groups is 2. The van der Waals surface area contributed by atoms with Crippen LogP contribution in [0.3, 0.4) is 0 Å². The summed E-state index contributed by atoms with van der Waals surface area (Å²) in [6.45, 7) is 3.63. The van der Waals surface area contributed by atoms with Crippen molar-refractivity contribution in [3.8, 4) is 0 Å². The Morgan fingerprint density at radius 2 is 2.12 bits per heavy atom. The molecule has 1 fully saturated rings. The first-order valence-electron chi connectivity index (χ1n) is 8.99. The van der Waals surface area contributed by atoms with Gasteiger partial charge in [0.15, 0.2) is 0 Å². The number of primary amides is 1. The van der Waals surface area contributed by atoms with Crippen LogP contribution in [0, 0.1) is 5.92 Å². The van der Waals surface area contributed by atoms with Gasteiger partial charge in [0.25, 0.3) is 0 Å². The standard InChI is InChI=1S/C19H26N4O2S/c1-12-4-6-15(23(11-12)19(25)18(20)24)13-5-7-16-14(10-13)21-17(26-16)8-9-22(2)3/h5,7,10,12,15H,4,6,8-9,11H2,1-3H3,(H2,20,24)/t12-,15+/m0/s1. The van der Waals surface area contributed by atoms with Crippen molar-refractivity contribution in [3.05, 3.63) is 28.8 Å². The number of thiazole rings is 1. The van der Waals surface area contributed by atoms with E-state index >= 15 is 0 Å². The number of likely N-dealkylation sites (N-methyl/N-ethyl adjacent to an activating group) is 1. The number of likely N-dealkylation sites (tertiary alicyclic amines) is 1. The fraction of sp³-hybridized carbons (Fsp3) is 0.526. The van der Waals surface area contributed by atoms with E-state index in [1.165, 1.54) is 0 Å². The molecule has 140 valence electrons. The van der Waals surface area contributed by atoms with Crippen LogP contribution in [-0.4, -0.2) is 53.8 Å². The Bertz CT molecular complexity index is 817. The first-order valence-corrected chi connectivity index (χ1v) is 9.81. The van der Waals surface area contributed by atoms with Crippen LogP contribution in [0.2, 0.25) is 0 Å². The van der Waals surface area contributed by atoms with Crippen molar-refractivity contribution in [1.82, 2.24) is 14.8 Å². The van der Waals surface area contributed by atoms with Crippen LogP contribution in [0.25, 0.3) is 10.2 Å². The van der Waals surface area contributed by atoms with E-state index in [2.05, 4.69) is 44.1 Å². The number of aromatic nitrogens is 1. The lowest BCUT2D eigenvalue weighted by atomic mass is 9.89. The Hall–Kier alpha value is -1.99. The summed E-state index contributed by atoms with van der Waals surface area (Å²) in [4.78, 5) is 32.3. The van der Waals surface area contributed by atoms with Crippen LogP contribution >= 0.6 is 11.3 Å². The smallest absolute Gasteiger partial charge is 0.312 e. The summed E-state index contributed by atoms with van der Waals surface area (Å²) in [5, 5.41) is 1.12. The van der Waals surface area contributed by atoms with Crippen molar-refractivity contribution >= 4 is 33.4 Å². The largest absolute Gasteiger partial charge is 0.361 e. The average Bonchev–Trinajstić information content (AvgIpc) is 3.01. The highest BCUT2D eigenvalue weighted by atomic mass is 32.1. The van der Waals surface area contributed by atoms with Gasteiger partial charge in [-0.25, -0.2) is 4.98 Å². The van der Waals surface area contributed by atoms with Crippen molar-refractivity contribution in [1.29, 1.82) is 0 Å². The van der Waals surface area contributed by atoms with Gasteiger partial charge in [0, 0.05) is 19.5 Å². The van der Waals surface area contributed by atoms with E-state index in [1.54, 1.807) is 16.2 Å². The molecule has 1 aliphatic heterocycles. The lowest BCUT2D eigenvalue weighted by molar-refractivity contribution is -0.147. The number of benzene rings is 1. The zero-order valence-electron chi connectivity index (χ0n) is 15.6. The van der Waals surface area contributed by atoms with Gasteiger partial charge >= 0.3 is 11.8 Å². The first-order chi connectivity index (χ1) is 12.3. The van der Waals surface area contributed by atoms with E-state index < -0.39 is 11.8 Å². The molecule has 2 amide bonds. The summed E-state index contributed by atoms with van der Waals surface area (Å²) < 4.78 is 1.15. The highest BCUT2D eigenvalue weighted by Crippen LogP contribution is 2.35. The highest BCUT2D eigenvalue weighted by Gasteiger charge is 2.33.